The molecule has 0 bridgehead atoms. The standard InChI is InChI=1S/C12H21ClN2O3Si/c1-19(2,3)5-4-18-12(16)15-6-8-9(7-15)10(8)11(13)14-17/h8-10,17H,4-7H2,1-3H3/b14-11-/t8-,9+,10?. The fraction of sp³-hybridized carbons (Fsp3) is 0.833. The van der Waals surface area contributed by atoms with Crippen LogP contribution in [0.5, 0.6) is 0 Å². The number of rotatable bonds is 4. The SMILES string of the molecule is C[Si](C)(C)CCOC(=O)N1C[C@@H]2C(/C(Cl)=N/O)[C@@H]2C1. The molecule has 19 heavy (non-hydrogen) atoms. The lowest BCUT2D eigenvalue weighted by Crippen LogP contribution is -2.34. The van der Waals surface area contributed by atoms with E-state index in [1.807, 2.05) is 0 Å². The van der Waals surface area contributed by atoms with E-state index in [0.29, 0.717) is 31.5 Å². The number of hydrogen-bond donors (Lipinski definition) is 1. The Kier molecular flexibility index (Phi) is 4.10. The summed E-state index contributed by atoms with van der Waals surface area (Å²) in [5.74, 6) is 0.818. The molecule has 2 rings (SSSR count). The van der Waals surface area contributed by atoms with E-state index in [-0.39, 0.29) is 17.2 Å². The van der Waals surface area contributed by atoms with Crippen LogP contribution in [0.3, 0.4) is 0 Å². The van der Waals surface area contributed by atoms with Gasteiger partial charge in [0.1, 0.15) is 5.17 Å². The average Bonchev–Trinajstić information content (AvgIpc) is 2.80. The highest BCUT2D eigenvalue weighted by atomic mass is 35.5. The number of hydrogen-bond acceptors (Lipinski definition) is 4. The van der Waals surface area contributed by atoms with Crippen molar-refractivity contribution in [3.63, 3.8) is 0 Å². The van der Waals surface area contributed by atoms with Crippen molar-refractivity contribution in [3.8, 4) is 0 Å². The normalized spacial score (nSPS) is 30.2. The molecule has 3 atom stereocenters. The van der Waals surface area contributed by atoms with Crippen LogP contribution in [0.25, 0.3) is 0 Å². The van der Waals surface area contributed by atoms with Gasteiger partial charge >= 0.3 is 6.09 Å². The van der Waals surface area contributed by atoms with Gasteiger partial charge in [-0.05, 0) is 17.9 Å². The summed E-state index contributed by atoms with van der Waals surface area (Å²) in [5.41, 5.74) is 0. The highest BCUT2D eigenvalue weighted by Crippen LogP contribution is 2.53. The maximum atomic E-state index is 11.8. The van der Waals surface area contributed by atoms with Crippen LogP contribution in [0, 0.1) is 17.8 Å². The first kappa shape index (κ1) is 14.7. The monoisotopic (exact) mass is 304 g/mol. The van der Waals surface area contributed by atoms with E-state index < -0.39 is 8.07 Å². The van der Waals surface area contributed by atoms with Crippen molar-refractivity contribution in [1.82, 2.24) is 4.90 Å². The Morgan fingerprint density at radius 3 is 2.47 bits per heavy atom. The van der Waals surface area contributed by atoms with Crippen molar-refractivity contribution in [3.05, 3.63) is 0 Å². The zero-order valence-electron chi connectivity index (χ0n) is 11.6. The number of fused-ring (bicyclic) bond motifs is 1. The Morgan fingerprint density at radius 1 is 1.42 bits per heavy atom. The zero-order valence-corrected chi connectivity index (χ0v) is 13.4. The summed E-state index contributed by atoms with van der Waals surface area (Å²) in [7, 11) is -1.16. The van der Waals surface area contributed by atoms with E-state index in [4.69, 9.17) is 21.5 Å². The molecule has 1 aliphatic heterocycles. The summed E-state index contributed by atoms with van der Waals surface area (Å²) < 4.78 is 5.30. The lowest BCUT2D eigenvalue weighted by Gasteiger charge is -2.21. The van der Waals surface area contributed by atoms with Gasteiger partial charge in [0.2, 0.25) is 0 Å². The maximum absolute atomic E-state index is 11.8. The minimum atomic E-state index is -1.16. The van der Waals surface area contributed by atoms with Crippen molar-refractivity contribution in [2.45, 2.75) is 25.7 Å². The van der Waals surface area contributed by atoms with Gasteiger partial charge in [-0.15, -0.1) is 0 Å². The van der Waals surface area contributed by atoms with Gasteiger partial charge in [0.05, 0.1) is 6.61 Å². The molecule has 0 aromatic carbocycles. The smallest absolute Gasteiger partial charge is 0.409 e. The number of likely N-dealkylation sites (tertiary alicyclic amines) is 1. The van der Waals surface area contributed by atoms with Gasteiger partial charge in [-0.1, -0.05) is 36.4 Å². The van der Waals surface area contributed by atoms with E-state index in [2.05, 4.69) is 24.8 Å². The number of oxime groups is 1. The minimum absolute atomic E-state index is 0.137. The largest absolute Gasteiger partial charge is 0.450 e. The van der Waals surface area contributed by atoms with Crippen LogP contribution in [0.15, 0.2) is 5.16 Å². The Hall–Kier alpha value is -0.753. The molecule has 5 nitrogen and oxygen atoms in total. The molecule has 1 N–H and O–H groups in total. The maximum Gasteiger partial charge on any atom is 0.409 e. The van der Waals surface area contributed by atoms with E-state index in [9.17, 15) is 4.79 Å². The van der Waals surface area contributed by atoms with Gasteiger partial charge in [-0.3, -0.25) is 0 Å². The van der Waals surface area contributed by atoms with Gasteiger partial charge in [0.15, 0.2) is 0 Å². The molecular formula is C12H21ClN2O3Si. The molecule has 1 unspecified atom stereocenters. The highest BCUT2D eigenvalue weighted by Gasteiger charge is 2.59. The first-order valence-electron chi connectivity index (χ1n) is 6.62. The topological polar surface area (TPSA) is 62.1 Å². The quantitative estimate of drug-likeness (QED) is 0.376. The van der Waals surface area contributed by atoms with Crippen molar-refractivity contribution in [2.24, 2.45) is 22.9 Å². The van der Waals surface area contributed by atoms with Crippen LogP contribution in [0.4, 0.5) is 4.79 Å². The number of nitrogens with zero attached hydrogens (tertiary/aromatic N) is 2. The predicted octanol–water partition coefficient (Wildman–Crippen LogP) is 2.67. The Bertz CT molecular complexity index is 385. The molecule has 108 valence electrons. The molecule has 1 amide bonds. The van der Waals surface area contributed by atoms with E-state index in [0.717, 1.165) is 6.04 Å². The lowest BCUT2D eigenvalue weighted by atomic mass is 10.3. The Balaban J connectivity index is 1.71. The third-order valence-electron chi connectivity index (χ3n) is 3.90. The molecule has 0 radical (unpaired) electrons. The first-order valence-corrected chi connectivity index (χ1v) is 10.7. The first-order chi connectivity index (χ1) is 8.83. The Morgan fingerprint density at radius 2 is 2.00 bits per heavy atom. The molecule has 0 spiro atoms. The number of amides is 1. The van der Waals surface area contributed by atoms with E-state index in [1.54, 1.807) is 4.90 Å². The van der Waals surface area contributed by atoms with E-state index >= 15 is 0 Å². The zero-order chi connectivity index (χ0) is 14.2. The third kappa shape index (κ3) is 3.42. The Labute approximate surface area is 119 Å². The van der Waals surface area contributed by atoms with Crippen molar-refractivity contribution < 1.29 is 14.7 Å². The van der Waals surface area contributed by atoms with E-state index in [1.165, 1.54) is 0 Å². The summed E-state index contributed by atoms with van der Waals surface area (Å²) in [5, 5.41) is 11.9. The molecule has 1 saturated carbocycles. The molecule has 1 heterocycles. The van der Waals surface area contributed by atoms with Crippen LogP contribution in [-0.4, -0.2) is 49.1 Å². The number of carbonyl (C=O) groups is 1. The van der Waals surface area contributed by atoms with Crippen LogP contribution in [0.1, 0.15) is 0 Å². The van der Waals surface area contributed by atoms with Gasteiger partial charge < -0.3 is 14.8 Å². The van der Waals surface area contributed by atoms with Gasteiger partial charge in [0, 0.05) is 27.1 Å². The minimum Gasteiger partial charge on any atom is -0.450 e. The van der Waals surface area contributed by atoms with Gasteiger partial charge in [-0.25, -0.2) is 4.79 Å². The van der Waals surface area contributed by atoms with Crippen molar-refractivity contribution >= 4 is 30.9 Å². The van der Waals surface area contributed by atoms with Crippen LogP contribution >= 0.6 is 11.6 Å². The second-order valence-electron chi connectivity index (χ2n) is 6.61. The summed E-state index contributed by atoms with van der Waals surface area (Å²) in [6, 6.07) is 0.991. The summed E-state index contributed by atoms with van der Waals surface area (Å²) in [6.07, 6.45) is -0.221. The molecule has 2 fully saturated rings. The number of ether oxygens (including phenoxy) is 1. The van der Waals surface area contributed by atoms with Crippen LogP contribution < -0.4 is 0 Å². The van der Waals surface area contributed by atoms with Gasteiger partial charge in [-0.2, -0.15) is 0 Å². The molecule has 7 heteroatoms. The fourth-order valence-electron chi connectivity index (χ4n) is 2.63. The molecule has 2 aliphatic rings. The van der Waals surface area contributed by atoms with Crippen molar-refractivity contribution in [2.75, 3.05) is 19.7 Å². The lowest BCUT2D eigenvalue weighted by molar-refractivity contribution is 0.110. The third-order valence-corrected chi connectivity index (χ3v) is 5.93. The fourth-order valence-corrected chi connectivity index (χ4v) is 3.67. The van der Waals surface area contributed by atoms with Crippen molar-refractivity contribution in [1.29, 1.82) is 0 Å². The number of piperidine rings is 1. The second kappa shape index (κ2) is 5.32. The molecule has 1 aliphatic carbocycles. The average molecular weight is 305 g/mol. The number of carbonyl (C=O) groups excluding carboxylic acids is 1. The molecular weight excluding hydrogens is 284 g/mol. The molecule has 0 aromatic heterocycles. The molecule has 1 saturated heterocycles. The summed E-state index contributed by atoms with van der Waals surface area (Å²) >= 11 is 5.80. The second-order valence-corrected chi connectivity index (χ2v) is 12.6. The summed E-state index contributed by atoms with van der Waals surface area (Å²) in [4.78, 5) is 13.6. The predicted molar refractivity (Wildman–Crippen MR) is 76.6 cm³/mol. The number of halogens is 1. The summed E-state index contributed by atoms with van der Waals surface area (Å²) in [6.45, 7) is 8.61. The highest BCUT2D eigenvalue weighted by molar-refractivity contribution is 6.76. The van der Waals surface area contributed by atoms with Crippen LogP contribution in [0.2, 0.25) is 25.7 Å². The van der Waals surface area contributed by atoms with Crippen LogP contribution in [-0.2, 0) is 4.74 Å². The molecule has 0 aromatic rings. The van der Waals surface area contributed by atoms with Gasteiger partial charge in [0.25, 0.3) is 0 Å².